The van der Waals surface area contributed by atoms with E-state index in [0.29, 0.717) is 18.7 Å². The Kier molecular flexibility index (Phi) is 4.76. The molecule has 2 rings (SSSR count). The Labute approximate surface area is 118 Å². The van der Waals surface area contributed by atoms with Gasteiger partial charge in [-0.25, -0.2) is 0 Å². The van der Waals surface area contributed by atoms with Crippen LogP contribution in [-0.4, -0.2) is 27.7 Å². The van der Waals surface area contributed by atoms with Crippen LogP contribution in [0.4, 0.5) is 0 Å². The number of para-hydroxylation sites is 1. The molecule has 5 nitrogen and oxygen atoms in total. The minimum atomic E-state index is 0.543. The molecule has 2 aromatic rings. The predicted molar refractivity (Wildman–Crippen MR) is 78.4 cm³/mol. The molecule has 1 aromatic heterocycles. The van der Waals surface area contributed by atoms with Crippen LogP contribution in [0.3, 0.4) is 0 Å². The average Bonchev–Trinajstić information content (AvgIpc) is 2.93. The molecule has 0 spiro atoms. The Morgan fingerprint density at radius 2 is 2.20 bits per heavy atom. The van der Waals surface area contributed by atoms with Crippen molar-refractivity contribution in [3.63, 3.8) is 0 Å². The van der Waals surface area contributed by atoms with E-state index < -0.39 is 0 Å². The van der Waals surface area contributed by atoms with Gasteiger partial charge in [-0.2, -0.15) is 5.10 Å². The van der Waals surface area contributed by atoms with E-state index >= 15 is 0 Å². The van der Waals surface area contributed by atoms with Crippen molar-refractivity contribution in [3.05, 3.63) is 36.0 Å². The molecule has 2 N–H and O–H groups in total. The molecule has 0 amide bonds. The van der Waals surface area contributed by atoms with Crippen LogP contribution in [0.15, 0.2) is 35.5 Å². The van der Waals surface area contributed by atoms with Gasteiger partial charge >= 0.3 is 0 Å². The van der Waals surface area contributed by atoms with Crippen LogP contribution < -0.4 is 4.74 Å². The number of ether oxygens (including phenoxy) is 1. The molecule has 0 bridgehead atoms. The third-order valence-corrected chi connectivity index (χ3v) is 2.87. The lowest BCUT2D eigenvalue weighted by Gasteiger charge is -2.08. The highest BCUT2D eigenvalue weighted by Crippen LogP contribution is 2.28. The molecule has 0 aliphatic carbocycles. The number of aromatic amines is 1. The first-order valence-electron chi connectivity index (χ1n) is 6.68. The van der Waals surface area contributed by atoms with Crippen LogP contribution in [0.25, 0.3) is 11.3 Å². The molecule has 5 heteroatoms. The molecule has 0 saturated heterocycles. The highest BCUT2D eigenvalue weighted by molar-refractivity contribution is 5.83. The number of benzene rings is 1. The number of rotatable bonds is 6. The highest BCUT2D eigenvalue weighted by atomic mass is 16.5. The normalized spacial score (nSPS) is 11.6. The van der Waals surface area contributed by atoms with Gasteiger partial charge in [-0.1, -0.05) is 24.2 Å². The fourth-order valence-corrected chi connectivity index (χ4v) is 1.92. The zero-order valence-corrected chi connectivity index (χ0v) is 11.8. The fraction of sp³-hybridized carbons (Fsp3) is 0.333. The Morgan fingerprint density at radius 3 is 2.95 bits per heavy atom. The zero-order valence-electron chi connectivity index (χ0n) is 11.8. The number of hydrogen-bond acceptors (Lipinski definition) is 4. The van der Waals surface area contributed by atoms with Gasteiger partial charge in [-0.3, -0.25) is 5.10 Å². The molecular weight excluding hydrogens is 254 g/mol. The maximum absolute atomic E-state index is 8.69. The third kappa shape index (κ3) is 3.38. The van der Waals surface area contributed by atoms with Crippen molar-refractivity contribution < 1.29 is 9.94 Å². The molecule has 0 radical (unpaired) electrons. The molecule has 1 aromatic carbocycles. The lowest BCUT2D eigenvalue weighted by atomic mass is 10.1. The summed E-state index contributed by atoms with van der Waals surface area (Å²) in [6.45, 7) is 4.52. The lowest BCUT2D eigenvalue weighted by Crippen LogP contribution is -1.97. The van der Waals surface area contributed by atoms with Crippen LogP contribution in [0.5, 0.6) is 5.75 Å². The number of hydrogen-bond donors (Lipinski definition) is 2. The van der Waals surface area contributed by atoms with E-state index in [2.05, 4.69) is 22.3 Å². The SMILES string of the molecule is CCCOc1ccccc1-c1cc(CC(C)=NO)[nH]n1. The summed E-state index contributed by atoms with van der Waals surface area (Å²) in [5.41, 5.74) is 3.33. The number of aromatic nitrogens is 2. The third-order valence-electron chi connectivity index (χ3n) is 2.87. The second-order valence-corrected chi connectivity index (χ2v) is 4.64. The highest BCUT2D eigenvalue weighted by Gasteiger charge is 2.10. The summed E-state index contributed by atoms with van der Waals surface area (Å²) in [6, 6.07) is 9.79. The van der Waals surface area contributed by atoms with E-state index in [9.17, 15) is 0 Å². The number of nitrogens with one attached hydrogen (secondary N) is 1. The molecule has 0 unspecified atom stereocenters. The first-order valence-corrected chi connectivity index (χ1v) is 6.68. The van der Waals surface area contributed by atoms with Crippen LogP contribution in [0.2, 0.25) is 0 Å². The number of nitrogens with zero attached hydrogens (tertiary/aromatic N) is 2. The first-order chi connectivity index (χ1) is 9.74. The second-order valence-electron chi connectivity index (χ2n) is 4.64. The van der Waals surface area contributed by atoms with Crippen LogP contribution in [0, 0.1) is 0 Å². The minimum Gasteiger partial charge on any atom is -0.493 e. The van der Waals surface area contributed by atoms with Crippen molar-refractivity contribution in [1.82, 2.24) is 10.2 Å². The van der Waals surface area contributed by atoms with Crippen LogP contribution >= 0.6 is 0 Å². The first kappa shape index (κ1) is 14.1. The Hall–Kier alpha value is -2.30. The molecule has 0 atom stereocenters. The van der Waals surface area contributed by atoms with Crippen molar-refractivity contribution in [1.29, 1.82) is 0 Å². The van der Waals surface area contributed by atoms with Crippen molar-refractivity contribution in [2.75, 3.05) is 6.61 Å². The Bertz CT molecular complexity index is 590. The molecule has 20 heavy (non-hydrogen) atoms. The van der Waals surface area contributed by atoms with E-state index in [-0.39, 0.29) is 0 Å². The number of oxime groups is 1. The van der Waals surface area contributed by atoms with E-state index in [1.165, 1.54) is 0 Å². The summed E-state index contributed by atoms with van der Waals surface area (Å²) in [5, 5.41) is 19.1. The fourth-order valence-electron chi connectivity index (χ4n) is 1.92. The van der Waals surface area contributed by atoms with Crippen molar-refractivity contribution in [2.24, 2.45) is 5.16 Å². The van der Waals surface area contributed by atoms with Gasteiger partial charge in [0, 0.05) is 17.7 Å². The monoisotopic (exact) mass is 273 g/mol. The van der Waals surface area contributed by atoms with E-state index in [4.69, 9.17) is 9.94 Å². The van der Waals surface area contributed by atoms with Crippen molar-refractivity contribution in [2.45, 2.75) is 26.7 Å². The summed E-state index contributed by atoms with van der Waals surface area (Å²) < 4.78 is 5.73. The van der Waals surface area contributed by atoms with E-state index in [1.54, 1.807) is 6.92 Å². The molecule has 0 fully saturated rings. The summed E-state index contributed by atoms with van der Waals surface area (Å²) in [6.07, 6.45) is 1.51. The van der Waals surface area contributed by atoms with Gasteiger partial charge in [0.2, 0.25) is 0 Å². The quantitative estimate of drug-likeness (QED) is 0.482. The lowest BCUT2D eigenvalue weighted by molar-refractivity contribution is 0.317. The summed E-state index contributed by atoms with van der Waals surface area (Å²) >= 11 is 0. The van der Waals surface area contributed by atoms with Crippen molar-refractivity contribution in [3.8, 4) is 17.0 Å². The van der Waals surface area contributed by atoms with Gasteiger partial charge in [-0.15, -0.1) is 0 Å². The molecule has 106 valence electrons. The van der Waals surface area contributed by atoms with Gasteiger partial charge in [0.1, 0.15) is 5.75 Å². The molecule has 0 aliphatic heterocycles. The molecular formula is C15H19N3O2. The minimum absolute atomic E-state index is 0.543. The molecule has 1 heterocycles. The van der Waals surface area contributed by atoms with Gasteiger partial charge in [0.05, 0.1) is 18.0 Å². The molecule has 0 aliphatic rings. The van der Waals surface area contributed by atoms with Gasteiger partial charge < -0.3 is 9.94 Å². The predicted octanol–water partition coefficient (Wildman–Crippen LogP) is 3.26. The van der Waals surface area contributed by atoms with Gasteiger partial charge in [0.25, 0.3) is 0 Å². The zero-order chi connectivity index (χ0) is 14.4. The summed E-state index contributed by atoms with van der Waals surface area (Å²) in [5.74, 6) is 0.833. The van der Waals surface area contributed by atoms with Crippen LogP contribution in [0.1, 0.15) is 26.0 Å². The van der Waals surface area contributed by atoms with Crippen molar-refractivity contribution >= 4 is 5.71 Å². The maximum atomic E-state index is 8.69. The molecule has 0 saturated carbocycles. The second kappa shape index (κ2) is 6.75. The maximum Gasteiger partial charge on any atom is 0.128 e. The topological polar surface area (TPSA) is 70.5 Å². The number of H-pyrrole nitrogens is 1. The standard InChI is InChI=1S/C15H19N3O2/c1-3-8-20-15-7-5-4-6-13(15)14-10-12(16-17-14)9-11(2)18-19/h4-7,10,19H,3,8-9H2,1-2H3,(H,16,17). The Morgan fingerprint density at radius 1 is 1.40 bits per heavy atom. The summed E-state index contributed by atoms with van der Waals surface area (Å²) in [4.78, 5) is 0. The van der Waals surface area contributed by atoms with E-state index in [0.717, 1.165) is 29.1 Å². The van der Waals surface area contributed by atoms with Gasteiger partial charge in [0.15, 0.2) is 0 Å². The van der Waals surface area contributed by atoms with Gasteiger partial charge in [-0.05, 0) is 31.5 Å². The smallest absolute Gasteiger partial charge is 0.128 e. The van der Waals surface area contributed by atoms with E-state index in [1.807, 2.05) is 30.3 Å². The summed E-state index contributed by atoms with van der Waals surface area (Å²) in [7, 11) is 0. The Balaban J connectivity index is 2.23. The van der Waals surface area contributed by atoms with Crippen LogP contribution in [-0.2, 0) is 6.42 Å². The average molecular weight is 273 g/mol. The largest absolute Gasteiger partial charge is 0.493 e.